The van der Waals surface area contributed by atoms with Crippen molar-refractivity contribution in [3.05, 3.63) is 53.1 Å². The van der Waals surface area contributed by atoms with Gasteiger partial charge in [-0.1, -0.05) is 44.2 Å². The first kappa shape index (κ1) is 17.4. The van der Waals surface area contributed by atoms with E-state index in [4.69, 9.17) is 0 Å². The third-order valence-corrected chi connectivity index (χ3v) is 5.43. The molecule has 1 amide bonds. The summed E-state index contributed by atoms with van der Waals surface area (Å²) in [5.74, 6) is 0.163. The fourth-order valence-electron chi connectivity index (χ4n) is 2.42. The van der Waals surface area contributed by atoms with Crippen LogP contribution < -0.4 is 10.9 Å². The summed E-state index contributed by atoms with van der Waals surface area (Å²) in [6.07, 6.45) is 1.45. The van der Waals surface area contributed by atoms with Gasteiger partial charge in [-0.25, -0.2) is 4.98 Å². The molecule has 1 aromatic carbocycles. The van der Waals surface area contributed by atoms with Crippen LogP contribution in [-0.4, -0.2) is 21.5 Å². The van der Waals surface area contributed by atoms with E-state index in [1.807, 2.05) is 57.2 Å². The molecule has 0 saturated heterocycles. The van der Waals surface area contributed by atoms with E-state index in [1.54, 1.807) is 0 Å². The quantitative estimate of drug-likeness (QED) is 0.764. The summed E-state index contributed by atoms with van der Waals surface area (Å²) < 4.78 is 1.95. The number of thiophene rings is 1. The molecule has 0 aliphatic rings. The number of carbonyl (C=O) groups excluding carboxylic acids is 1. The van der Waals surface area contributed by atoms with Gasteiger partial charge in [0.05, 0.1) is 11.8 Å². The van der Waals surface area contributed by atoms with E-state index in [-0.39, 0.29) is 24.1 Å². The number of nitrogens with one attached hydrogen (secondary N) is 1. The summed E-state index contributed by atoms with van der Waals surface area (Å²) in [4.78, 5) is 30.2. The molecule has 0 bridgehead atoms. The van der Waals surface area contributed by atoms with Crippen LogP contribution in [0, 0.1) is 5.92 Å². The summed E-state index contributed by atoms with van der Waals surface area (Å²) in [6.45, 7) is 6.03. The first-order valence-electron chi connectivity index (χ1n) is 8.29. The first-order chi connectivity index (χ1) is 12.0. The predicted octanol–water partition coefficient (Wildman–Crippen LogP) is 3.29. The molecule has 130 valence electrons. The molecule has 0 radical (unpaired) electrons. The normalized spacial score (nSPS) is 12.5. The van der Waals surface area contributed by atoms with Crippen molar-refractivity contribution in [2.45, 2.75) is 33.4 Å². The minimum atomic E-state index is -0.177. The maximum atomic E-state index is 12.7. The lowest BCUT2D eigenvalue weighted by Crippen LogP contribution is -2.39. The van der Waals surface area contributed by atoms with Gasteiger partial charge in [0.1, 0.15) is 11.2 Å². The van der Waals surface area contributed by atoms with E-state index in [2.05, 4.69) is 10.3 Å². The molecule has 2 heterocycles. The Balaban J connectivity index is 1.87. The maximum absolute atomic E-state index is 12.7. The third-order valence-electron chi connectivity index (χ3n) is 4.26. The number of hydrogen-bond acceptors (Lipinski definition) is 4. The molecule has 0 spiro atoms. The van der Waals surface area contributed by atoms with Crippen LogP contribution in [0.5, 0.6) is 0 Å². The Morgan fingerprint density at radius 1 is 1.24 bits per heavy atom. The molecule has 0 unspecified atom stereocenters. The second kappa shape index (κ2) is 7.19. The number of carbonyl (C=O) groups is 1. The molecule has 2 aromatic heterocycles. The maximum Gasteiger partial charge on any atom is 0.271 e. The molecule has 6 heteroatoms. The monoisotopic (exact) mass is 355 g/mol. The van der Waals surface area contributed by atoms with Crippen LogP contribution in [0.4, 0.5) is 0 Å². The lowest BCUT2D eigenvalue weighted by molar-refractivity contribution is -0.122. The van der Waals surface area contributed by atoms with Gasteiger partial charge in [-0.3, -0.25) is 14.2 Å². The van der Waals surface area contributed by atoms with Gasteiger partial charge < -0.3 is 5.32 Å². The lowest BCUT2D eigenvalue weighted by Gasteiger charge is -2.17. The Labute approximate surface area is 150 Å². The van der Waals surface area contributed by atoms with Crippen LogP contribution >= 0.6 is 11.3 Å². The fraction of sp³-hybridized carbons (Fsp3) is 0.316. The summed E-state index contributed by atoms with van der Waals surface area (Å²) in [6, 6.07) is 11.9. The number of fused-ring (bicyclic) bond motifs is 1. The minimum Gasteiger partial charge on any atom is -0.352 e. The highest BCUT2D eigenvalue weighted by molar-refractivity contribution is 7.22. The number of amides is 1. The van der Waals surface area contributed by atoms with Gasteiger partial charge in [-0.2, -0.15) is 0 Å². The van der Waals surface area contributed by atoms with Crippen molar-refractivity contribution >= 4 is 27.5 Å². The topological polar surface area (TPSA) is 64.0 Å². The Kier molecular flexibility index (Phi) is 4.99. The molecular weight excluding hydrogens is 334 g/mol. The van der Waals surface area contributed by atoms with Crippen molar-refractivity contribution in [3.63, 3.8) is 0 Å². The van der Waals surface area contributed by atoms with E-state index in [1.165, 1.54) is 22.2 Å². The minimum absolute atomic E-state index is 0.0165. The number of benzene rings is 1. The second-order valence-electron chi connectivity index (χ2n) is 6.47. The zero-order valence-electron chi connectivity index (χ0n) is 14.5. The Morgan fingerprint density at radius 3 is 2.64 bits per heavy atom. The molecule has 5 nitrogen and oxygen atoms in total. The Hall–Kier alpha value is -2.47. The first-order valence-corrected chi connectivity index (χ1v) is 9.11. The molecule has 0 aliphatic heterocycles. The SMILES string of the molecule is CC(C)[C@H](C)NC(=O)Cn1cnc2cc(-c3ccccc3)sc2c1=O. The van der Waals surface area contributed by atoms with Crippen LogP contribution in [0.2, 0.25) is 0 Å². The highest BCUT2D eigenvalue weighted by Gasteiger charge is 2.14. The zero-order valence-corrected chi connectivity index (χ0v) is 15.3. The number of hydrogen-bond donors (Lipinski definition) is 1. The van der Waals surface area contributed by atoms with Crippen LogP contribution in [0.1, 0.15) is 20.8 Å². The lowest BCUT2D eigenvalue weighted by atomic mass is 10.1. The van der Waals surface area contributed by atoms with E-state index >= 15 is 0 Å². The summed E-state index contributed by atoms with van der Waals surface area (Å²) in [5, 5.41) is 2.91. The van der Waals surface area contributed by atoms with E-state index < -0.39 is 0 Å². The Morgan fingerprint density at radius 2 is 1.96 bits per heavy atom. The highest BCUT2D eigenvalue weighted by atomic mass is 32.1. The second-order valence-corrected chi connectivity index (χ2v) is 7.52. The van der Waals surface area contributed by atoms with E-state index in [0.717, 1.165) is 10.4 Å². The van der Waals surface area contributed by atoms with Crippen LogP contribution in [0.15, 0.2) is 47.5 Å². The standard InChI is InChI=1S/C19H21N3O2S/c1-12(2)13(3)21-17(23)10-22-11-20-15-9-16(25-18(15)19(22)24)14-7-5-4-6-8-14/h4-9,11-13H,10H2,1-3H3,(H,21,23)/t13-/m0/s1. The van der Waals surface area contributed by atoms with Gasteiger partial charge in [0.2, 0.25) is 5.91 Å². The molecular formula is C19H21N3O2S. The average molecular weight is 355 g/mol. The van der Waals surface area contributed by atoms with Gasteiger partial charge in [-0.15, -0.1) is 11.3 Å². The zero-order chi connectivity index (χ0) is 18.0. The van der Waals surface area contributed by atoms with Crippen LogP contribution in [-0.2, 0) is 11.3 Å². The average Bonchev–Trinajstić information content (AvgIpc) is 3.03. The molecule has 1 atom stereocenters. The van der Waals surface area contributed by atoms with Crippen molar-refractivity contribution in [2.24, 2.45) is 5.92 Å². The number of aromatic nitrogens is 2. The molecule has 3 rings (SSSR count). The van der Waals surface area contributed by atoms with Crippen molar-refractivity contribution in [1.29, 1.82) is 0 Å². The molecule has 0 aliphatic carbocycles. The molecule has 1 N–H and O–H groups in total. The van der Waals surface area contributed by atoms with Crippen molar-refractivity contribution < 1.29 is 4.79 Å². The van der Waals surface area contributed by atoms with Crippen molar-refractivity contribution in [2.75, 3.05) is 0 Å². The smallest absolute Gasteiger partial charge is 0.271 e. The summed E-state index contributed by atoms with van der Waals surface area (Å²) in [5.41, 5.74) is 1.55. The van der Waals surface area contributed by atoms with Crippen LogP contribution in [0.25, 0.3) is 20.7 Å². The fourth-order valence-corrected chi connectivity index (χ4v) is 3.49. The number of rotatable bonds is 5. The third kappa shape index (κ3) is 3.79. The van der Waals surface area contributed by atoms with E-state index in [9.17, 15) is 9.59 Å². The van der Waals surface area contributed by atoms with Crippen molar-refractivity contribution in [3.8, 4) is 10.4 Å². The largest absolute Gasteiger partial charge is 0.352 e. The highest BCUT2D eigenvalue weighted by Crippen LogP contribution is 2.30. The van der Waals surface area contributed by atoms with Crippen LogP contribution in [0.3, 0.4) is 0 Å². The van der Waals surface area contributed by atoms with Gasteiger partial charge >= 0.3 is 0 Å². The predicted molar refractivity (Wildman–Crippen MR) is 102 cm³/mol. The van der Waals surface area contributed by atoms with Gasteiger partial charge in [0.15, 0.2) is 0 Å². The summed E-state index contributed by atoms with van der Waals surface area (Å²) >= 11 is 1.41. The molecule has 0 fully saturated rings. The Bertz CT molecular complexity index is 944. The van der Waals surface area contributed by atoms with Crippen molar-refractivity contribution in [1.82, 2.24) is 14.9 Å². The molecule has 0 saturated carbocycles. The number of nitrogens with zero attached hydrogens (tertiary/aromatic N) is 2. The molecule has 3 aromatic rings. The molecule has 25 heavy (non-hydrogen) atoms. The summed E-state index contributed by atoms with van der Waals surface area (Å²) in [7, 11) is 0. The van der Waals surface area contributed by atoms with Gasteiger partial charge in [0.25, 0.3) is 5.56 Å². The van der Waals surface area contributed by atoms with E-state index in [0.29, 0.717) is 16.1 Å². The van der Waals surface area contributed by atoms with Gasteiger partial charge in [0, 0.05) is 10.9 Å². The van der Waals surface area contributed by atoms with Gasteiger partial charge in [-0.05, 0) is 24.5 Å².